The van der Waals surface area contributed by atoms with Crippen molar-refractivity contribution in [1.29, 1.82) is 0 Å². The quantitative estimate of drug-likeness (QED) is 0.733. The summed E-state index contributed by atoms with van der Waals surface area (Å²) in [5.74, 6) is 0.483. The molecular formula is C15H18F3N7O. The number of alkyl halides is 3. The first-order chi connectivity index (χ1) is 12.4. The Kier molecular flexibility index (Phi) is 5.47. The summed E-state index contributed by atoms with van der Waals surface area (Å²) in [5, 5.41) is 17.3. The van der Waals surface area contributed by atoms with Crippen molar-refractivity contribution in [3.05, 3.63) is 29.8 Å². The minimum absolute atomic E-state index is 0.0495. The molecule has 11 heteroatoms. The number of nitrogens with one attached hydrogen (secondary N) is 3. The molecule has 0 spiro atoms. The number of ether oxygens (including phenoxy) is 1. The van der Waals surface area contributed by atoms with Gasteiger partial charge in [-0.15, -0.1) is 5.10 Å². The van der Waals surface area contributed by atoms with E-state index in [0.29, 0.717) is 30.9 Å². The Balaban J connectivity index is 1.65. The third kappa shape index (κ3) is 4.76. The Morgan fingerprint density at radius 2 is 2.08 bits per heavy atom. The number of hydrogen-bond acceptors (Lipinski definition) is 8. The molecule has 1 fully saturated rings. The average Bonchev–Trinajstić information content (AvgIpc) is 2.63. The van der Waals surface area contributed by atoms with Gasteiger partial charge < -0.3 is 20.7 Å². The predicted molar refractivity (Wildman–Crippen MR) is 88.2 cm³/mol. The lowest BCUT2D eigenvalue weighted by atomic mass is 10.2. The fourth-order valence-electron chi connectivity index (χ4n) is 2.34. The Morgan fingerprint density at radius 3 is 2.73 bits per heavy atom. The number of rotatable bonds is 5. The minimum Gasteiger partial charge on any atom is -0.381 e. The summed E-state index contributed by atoms with van der Waals surface area (Å²) in [6.07, 6.45) is -2.81. The van der Waals surface area contributed by atoms with Crippen LogP contribution in [0.15, 0.2) is 18.5 Å². The summed E-state index contributed by atoms with van der Waals surface area (Å²) < 4.78 is 43.2. The monoisotopic (exact) mass is 369 g/mol. The molecule has 1 saturated heterocycles. The molecule has 0 amide bonds. The maximum atomic E-state index is 12.5. The zero-order valence-corrected chi connectivity index (χ0v) is 14.0. The molecule has 1 atom stereocenters. The van der Waals surface area contributed by atoms with E-state index in [4.69, 9.17) is 4.74 Å². The first-order valence-electron chi connectivity index (χ1n) is 7.98. The molecule has 0 radical (unpaired) electrons. The van der Waals surface area contributed by atoms with Crippen molar-refractivity contribution in [1.82, 2.24) is 25.5 Å². The lowest BCUT2D eigenvalue weighted by molar-refractivity contribution is -0.141. The SMILES string of the molecule is Cc1nnc(Nc2cnc(C(F)(F)F)cn2)cc1NCC1CNCCO1. The molecule has 3 rings (SSSR count). The largest absolute Gasteiger partial charge is 0.434 e. The smallest absolute Gasteiger partial charge is 0.381 e. The topological polar surface area (TPSA) is 96.9 Å². The van der Waals surface area contributed by atoms with Gasteiger partial charge in [-0.05, 0) is 6.92 Å². The van der Waals surface area contributed by atoms with E-state index in [1.807, 2.05) is 0 Å². The summed E-state index contributed by atoms with van der Waals surface area (Å²) >= 11 is 0. The van der Waals surface area contributed by atoms with E-state index in [1.165, 1.54) is 0 Å². The number of nitrogens with zero attached hydrogens (tertiary/aromatic N) is 4. The third-order valence-corrected chi connectivity index (χ3v) is 3.70. The Bertz CT molecular complexity index is 733. The highest BCUT2D eigenvalue weighted by molar-refractivity contribution is 5.59. The Hall–Kier alpha value is -2.53. The summed E-state index contributed by atoms with van der Waals surface area (Å²) in [5.41, 5.74) is 0.385. The summed E-state index contributed by atoms with van der Waals surface area (Å²) in [4.78, 5) is 7.05. The highest BCUT2D eigenvalue weighted by atomic mass is 19.4. The van der Waals surface area contributed by atoms with Crippen molar-refractivity contribution in [2.45, 2.75) is 19.2 Å². The van der Waals surface area contributed by atoms with Gasteiger partial charge in [0.2, 0.25) is 0 Å². The van der Waals surface area contributed by atoms with E-state index in [0.717, 1.165) is 25.0 Å². The maximum absolute atomic E-state index is 12.5. The van der Waals surface area contributed by atoms with Gasteiger partial charge in [-0.2, -0.15) is 18.3 Å². The molecule has 0 aromatic carbocycles. The third-order valence-electron chi connectivity index (χ3n) is 3.70. The predicted octanol–water partition coefficient (Wildman–Crippen LogP) is 1.74. The molecule has 2 aromatic heterocycles. The summed E-state index contributed by atoms with van der Waals surface area (Å²) in [6, 6.07) is 1.71. The van der Waals surface area contributed by atoms with E-state index in [-0.39, 0.29) is 11.9 Å². The highest BCUT2D eigenvalue weighted by Crippen LogP contribution is 2.27. The van der Waals surface area contributed by atoms with Crippen LogP contribution in [0.5, 0.6) is 0 Å². The van der Waals surface area contributed by atoms with Crippen LogP contribution < -0.4 is 16.0 Å². The molecule has 0 saturated carbocycles. The standard InChI is InChI=1S/C15H18F3N7O/c1-9-11(20-6-10-5-19-2-3-26-10)4-13(25-24-9)23-14-8-21-12(7-22-14)15(16,17)18/h4,7-8,10,19H,2-3,5-6H2,1H3,(H2,20,22,23,25). The van der Waals surface area contributed by atoms with Crippen molar-refractivity contribution < 1.29 is 17.9 Å². The van der Waals surface area contributed by atoms with E-state index in [9.17, 15) is 13.2 Å². The Labute approximate surface area is 147 Å². The van der Waals surface area contributed by atoms with Crippen LogP contribution in [0.25, 0.3) is 0 Å². The molecule has 1 unspecified atom stereocenters. The van der Waals surface area contributed by atoms with Crippen molar-refractivity contribution >= 4 is 17.3 Å². The van der Waals surface area contributed by atoms with Crippen molar-refractivity contribution in [2.24, 2.45) is 0 Å². The molecular weight excluding hydrogens is 351 g/mol. The van der Waals surface area contributed by atoms with Crippen LogP contribution in [-0.2, 0) is 10.9 Å². The van der Waals surface area contributed by atoms with Crippen molar-refractivity contribution in [3.8, 4) is 0 Å². The molecule has 1 aliphatic heterocycles. The van der Waals surface area contributed by atoms with Gasteiger partial charge in [0.1, 0.15) is 5.82 Å². The van der Waals surface area contributed by atoms with Crippen LogP contribution in [0.3, 0.4) is 0 Å². The fourth-order valence-corrected chi connectivity index (χ4v) is 2.34. The summed E-state index contributed by atoms with van der Waals surface area (Å²) in [7, 11) is 0. The number of halogens is 3. The number of aryl methyl sites for hydroxylation is 1. The first kappa shape index (κ1) is 18.3. The molecule has 1 aliphatic rings. The molecule has 0 aliphatic carbocycles. The number of hydrogen-bond donors (Lipinski definition) is 3. The second-order valence-corrected chi connectivity index (χ2v) is 5.72. The first-order valence-corrected chi connectivity index (χ1v) is 7.98. The zero-order valence-electron chi connectivity index (χ0n) is 14.0. The molecule has 2 aromatic rings. The van der Waals surface area contributed by atoms with Crippen LogP contribution in [-0.4, -0.2) is 52.5 Å². The lowest BCUT2D eigenvalue weighted by Crippen LogP contribution is -2.42. The van der Waals surface area contributed by atoms with E-state index in [2.05, 4.69) is 36.1 Å². The van der Waals surface area contributed by atoms with Gasteiger partial charge in [0.05, 0.1) is 36.5 Å². The lowest BCUT2D eigenvalue weighted by Gasteiger charge is -2.24. The second kappa shape index (κ2) is 7.79. The Morgan fingerprint density at radius 1 is 1.23 bits per heavy atom. The van der Waals surface area contributed by atoms with Gasteiger partial charge in [-0.1, -0.05) is 0 Å². The van der Waals surface area contributed by atoms with Crippen LogP contribution in [0.4, 0.5) is 30.5 Å². The molecule has 3 heterocycles. The molecule has 140 valence electrons. The molecule has 26 heavy (non-hydrogen) atoms. The van der Waals surface area contributed by atoms with Crippen LogP contribution in [0.2, 0.25) is 0 Å². The number of anilines is 3. The number of morpholine rings is 1. The van der Waals surface area contributed by atoms with Gasteiger partial charge in [0, 0.05) is 25.7 Å². The normalized spacial score (nSPS) is 17.8. The van der Waals surface area contributed by atoms with E-state index >= 15 is 0 Å². The van der Waals surface area contributed by atoms with E-state index < -0.39 is 11.9 Å². The van der Waals surface area contributed by atoms with Crippen molar-refractivity contribution in [2.75, 3.05) is 36.9 Å². The van der Waals surface area contributed by atoms with Crippen LogP contribution in [0, 0.1) is 6.92 Å². The van der Waals surface area contributed by atoms with Gasteiger partial charge in [0.25, 0.3) is 0 Å². The molecule has 3 N–H and O–H groups in total. The summed E-state index contributed by atoms with van der Waals surface area (Å²) in [6.45, 7) is 4.67. The molecule has 0 bridgehead atoms. The molecule has 8 nitrogen and oxygen atoms in total. The number of aromatic nitrogens is 4. The maximum Gasteiger partial charge on any atom is 0.434 e. The van der Waals surface area contributed by atoms with Gasteiger partial charge in [-0.3, -0.25) is 0 Å². The average molecular weight is 369 g/mol. The highest BCUT2D eigenvalue weighted by Gasteiger charge is 2.32. The van der Waals surface area contributed by atoms with E-state index in [1.54, 1.807) is 13.0 Å². The van der Waals surface area contributed by atoms with Gasteiger partial charge >= 0.3 is 6.18 Å². The fraction of sp³-hybridized carbons (Fsp3) is 0.467. The van der Waals surface area contributed by atoms with Crippen LogP contribution in [0.1, 0.15) is 11.4 Å². The second-order valence-electron chi connectivity index (χ2n) is 5.72. The van der Waals surface area contributed by atoms with Crippen LogP contribution >= 0.6 is 0 Å². The zero-order chi connectivity index (χ0) is 18.6. The van der Waals surface area contributed by atoms with Crippen molar-refractivity contribution in [3.63, 3.8) is 0 Å². The van der Waals surface area contributed by atoms with Gasteiger partial charge in [-0.25, -0.2) is 9.97 Å². The minimum atomic E-state index is -4.53. The van der Waals surface area contributed by atoms with Gasteiger partial charge in [0.15, 0.2) is 11.5 Å².